The van der Waals surface area contributed by atoms with Gasteiger partial charge in [0.05, 0.1) is 20.8 Å². The summed E-state index contributed by atoms with van der Waals surface area (Å²) in [5, 5.41) is 13.4. The van der Waals surface area contributed by atoms with Crippen LogP contribution >= 0.6 is 11.3 Å². The van der Waals surface area contributed by atoms with Crippen molar-refractivity contribution >= 4 is 32.0 Å². The van der Waals surface area contributed by atoms with Gasteiger partial charge in [0.25, 0.3) is 5.69 Å². The smallest absolute Gasteiger partial charge is 0.270 e. The molecular formula is C23H25N3O4S2. The van der Waals surface area contributed by atoms with Crippen molar-refractivity contribution in [2.24, 2.45) is 0 Å². The minimum Gasteiger partial charge on any atom is -0.348 e. The fourth-order valence-corrected chi connectivity index (χ4v) is 6.62. The number of anilines is 1. The van der Waals surface area contributed by atoms with E-state index in [1.54, 1.807) is 11.3 Å². The van der Waals surface area contributed by atoms with Crippen LogP contribution in [0.5, 0.6) is 0 Å². The van der Waals surface area contributed by atoms with Crippen LogP contribution in [-0.4, -0.2) is 36.7 Å². The van der Waals surface area contributed by atoms with Crippen molar-refractivity contribution in [2.75, 3.05) is 18.0 Å². The fourth-order valence-electron chi connectivity index (χ4n) is 3.97. The van der Waals surface area contributed by atoms with Crippen molar-refractivity contribution in [1.29, 1.82) is 0 Å². The highest BCUT2D eigenvalue weighted by molar-refractivity contribution is 7.92. The summed E-state index contributed by atoms with van der Waals surface area (Å²) in [5.74, 6) is 0. The summed E-state index contributed by atoms with van der Waals surface area (Å²) >= 11 is 1.58. The van der Waals surface area contributed by atoms with Crippen LogP contribution in [0.15, 0.2) is 52.7 Å². The number of non-ortho nitro benzene ring substituents is 1. The Hall–Kier alpha value is -2.78. The van der Waals surface area contributed by atoms with Gasteiger partial charge >= 0.3 is 0 Å². The molecule has 3 aromatic rings. The monoisotopic (exact) mass is 471 g/mol. The molecule has 4 rings (SSSR count). The number of nitro groups is 1. The van der Waals surface area contributed by atoms with E-state index < -0.39 is 20.0 Å². The average molecular weight is 472 g/mol. The number of aryl methyl sites for hydroxylation is 2. The molecule has 0 bridgehead atoms. The Bertz CT molecular complexity index is 1250. The van der Waals surface area contributed by atoms with Gasteiger partial charge in [-0.1, -0.05) is 24.3 Å². The van der Waals surface area contributed by atoms with Crippen LogP contribution in [0.25, 0.3) is 0 Å². The third-order valence-corrected chi connectivity index (χ3v) is 9.21. The van der Waals surface area contributed by atoms with Crippen molar-refractivity contribution in [3.05, 3.63) is 80.3 Å². The number of hydrogen-bond acceptors (Lipinski definition) is 7. The number of hydrogen-bond donors (Lipinski definition) is 0. The molecule has 0 amide bonds. The number of nitrogens with zero attached hydrogens (tertiary/aromatic N) is 3. The van der Waals surface area contributed by atoms with Gasteiger partial charge in [-0.05, 0) is 49.4 Å². The van der Waals surface area contributed by atoms with Gasteiger partial charge in [-0.25, -0.2) is 13.4 Å². The number of piperidine rings is 1. The Morgan fingerprint density at radius 3 is 2.56 bits per heavy atom. The van der Waals surface area contributed by atoms with Crippen molar-refractivity contribution < 1.29 is 13.3 Å². The summed E-state index contributed by atoms with van der Waals surface area (Å²) in [6, 6.07) is 11.8. The third kappa shape index (κ3) is 4.68. The van der Waals surface area contributed by atoms with Crippen molar-refractivity contribution in [1.82, 2.24) is 4.98 Å². The number of thiazole rings is 1. The van der Waals surface area contributed by atoms with Crippen LogP contribution in [-0.2, 0) is 16.3 Å². The number of benzene rings is 2. The highest BCUT2D eigenvalue weighted by Crippen LogP contribution is 2.30. The lowest BCUT2D eigenvalue weighted by molar-refractivity contribution is -0.385. The van der Waals surface area contributed by atoms with Gasteiger partial charge in [0.15, 0.2) is 15.0 Å². The summed E-state index contributed by atoms with van der Waals surface area (Å²) in [4.78, 5) is 17.4. The zero-order chi connectivity index (χ0) is 22.9. The number of aromatic nitrogens is 1. The maximum Gasteiger partial charge on any atom is 0.270 e. The topological polar surface area (TPSA) is 93.4 Å². The third-order valence-electron chi connectivity index (χ3n) is 6.00. The maximum atomic E-state index is 13.0. The quantitative estimate of drug-likeness (QED) is 0.382. The van der Waals surface area contributed by atoms with Crippen molar-refractivity contribution in [3.8, 4) is 0 Å². The highest BCUT2D eigenvalue weighted by Gasteiger charge is 2.32. The van der Waals surface area contributed by atoms with E-state index in [1.165, 1.54) is 34.9 Å². The molecule has 1 aliphatic heterocycles. The Morgan fingerprint density at radius 1 is 1.12 bits per heavy atom. The predicted molar refractivity (Wildman–Crippen MR) is 126 cm³/mol. The van der Waals surface area contributed by atoms with Crippen LogP contribution in [0.2, 0.25) is 0 Å². The second-order valence-electron chi connectivity index (χ2n) is 8.20. The van der Waals surface area contributed by atoms with Gasteiger partial charge < -0.3 is 4.90 Å². The van der Waals surface area contributed by atoms with Crippen LogP contribution < -0.4 is 4.90 Å². The molecule has 0 aliphatic carbocycles. The SMILES string of the molecule is Cc1ccc(Cc2csc(N3CCC(S(=O)(=O)c4cccc([N+](=O)[O-])c4)CC3)n2)cc1C. The van der Waals surface area contributed by atoms with E-state index in [1.807, 2.05) is 0 Å². The Kier molecular flexibility index (Phi) is 6.30. The molecular weight excluding hydrogens is 446 g/mol. The van der Waals surface area contributed by atoms with Gasteiger partial charge in [-0.2, -0.15) is 0 Å². The molecule has 1 saturated heterocycles. The first-order valence-corrected chi connectivity index (χ1v) is 12.9. The van der Waals surface area contributed by atoms with E-state index in [9.17, 15) is 18.5 Å². The van der Waals surface area contributed by atoms with Crippen molar-refractivity contribution in [2.45, 2.75) is 43.3 Å². The predicted octanol–water partition coefficient (Wildman–Crippen LogP) is 4.70. The minimum absolute atomic E-state index is 0.0232. The zero-order valence-corrected chi connectivity index (χ0v) is 19.7. The number of sulfone groups is 1. The van der Waals surface area contributed by atoms with E-state index in [4.69, 9.17) is 4.98 Å². The molecule has 0 N–H and O–H groups in total. The largest absolute Gasteiger partial charge is 0.348 e. The van der Waals surface area contributed by atoms with Gasteiger partial charge in [-0.15, -0.1) is 11.3 Å². The van der Waals surface area contributed by atoms with Gasteiger partial charge in [-0.3, -0.25) is 10.1 Å². The van der Waals surface area contributed by atoms with E-state index in [0.717, 1.165) is 23.3 Å². The van der Waals surface area contributed by atoms with E-state index in [2.05, 4.69) is 42.3 Å². The summed E-state index contributed by atoms with van der Waals surface area (Å²) in [7, 11) is -3.61. The van der Waals surface area contributed by atoms with E-state index in [-0.39, 0.29) is 10.6 Å². The first-order chi connectivity index (χ1) is 15.2. The minimum atomic E-state index is -3.61. The molecule has 32 heavy (non-hydrogen) atoms. The molecule has 7 nitrogen and oxygen atoms in total. The molecule has 0 unspecified atom stereocenters. The first kappa shape index (κ1) is 22.4. The summed E-state index contributed by atoms with van der Waals surface area (Å²) in [6.45, 7) is 5.39. The Balaban J connectivity index is 1.41. The number of nitro benzene ring substituents is 1. The van der Waals surface area contributed by atoms with E-state index in [0.29, 0.717) is 25.9 Å². The molecule has 0 atom stereocenters. The van der Waals surface area contributed by atoms with Gasteiger partial charge in [0.1, 0.15) is 0 Å². The van der Waals surface area contributed by atoms with Crippen LogP contribution in [0.3, 0.4) is 0 Å². The second kappa shape index (κ2) is 8.99. The van der Waals surface area contributed by atoms with E-state index >= 15 is 0 Å². The molecule has 0 spiro atoms. The normalized spacial score (nSPS) is 15.1. The summed E-state index contributed by atoms with van der Waals surface area (Å²) in [6.07, 6.45) is 1.71. The summed E-state index contributed by atoms with van der Waals surface area (Å²) < 4.78 is 26.0. The standard InChI is InChI=1S/C23H25N3O4S2/c1-16-6-7-18(12-17(16)2)13-19-15-31-23(24-19)25-10-8-21(9-11-25)32(29,30)22-5-3-4-20(14-22)26(27)28/h3-7,12,14-15,21H,8-11,13H2,1-2H3. The van der Waals surface area contributed by atoms with Gasteiger partial charge in [0, 0.05) is 37.0 Å². The molecule has 168 valence electrons. The first-order valence-electron chi connectivity index (χ1n) is 10.5. The maximum absolute atomic E-state index is 13.0. The molecule has 1 fully saturated rings. The molecule has 2 heterocycles. The fraction of sp³-hybridized carbons (Fsp3) is 0.348. The zero-order valence-electron chi connectivity index (χ0n) is 18.0. The lowest BCUT2D eigenvalue weighted by atomic mass is 10.0. The lowest BCUT2D eigenvalue weighted by Crippen LogP contribution is -2.39. The highest BCUT2D eigenvalue weighted by atomic mass is 32.2. The van der Waals surface area contributed by atoms with Crippen LogP contribution in [0, 0.1) is 24.0 Å². The Morgan fingerprint density at radius 2 is 1.88 bits per heavy atom. The molecule has 2 aromatic carbocycles. The van der Waals surface area contributed by atoms with Crippen LogP contribution in [0.1, 0.15) is 35.2 Å². The summed E-state index contributed by atoms with van der Waals surface area (Å²) in [5.41, 5.74) is 4.58. The second-order valence-corrected chi connectivity index (χ2v) is 11.3. The van der Waals surface area contributed by atoms with Gasteiger partial charge in [0.2, 0.25) is 0 Å². The average Bonchev–Trinajstić information content (AvgIpc) is 3.25. The Labute approximate surface area is 191 Å². The molecule has 1 aliphatic rings. The molecule has 9 heteroatoms. The van der Waals surface area contributed by atoms with Crippen molar-refractivity contribution in [3.63, 3.8) is 0 Å². The molecule has 0 radical (unpaired) electrons. The number of rotatable bonds is 6. The van der Waals surface area contributed by atoms with Crippen LogP contribution in [0.4, 0.5) is 10.8 Å². The molecule has 1 aromatic heterocycles. The lowest BCUT2D eigenvalue weighted by Gasteiger charge is -2.31. The molecule has 0 saturated carbocycles.